The van der Waals surface area contributed by atoms with Crippen molar-refractivity contribution in [2.24, 2.45) is 0 Å². The van der Waals surface area contributed by atoms with E-state index in [2.05, 4.69) is 15.9 Å². The highest BCUT2D eigenvalue weighted by Crippen LogP contribution is 2.40. The molecule has 0 radical (unpaired) electrons. The summed E-state index contributed by atoms with van der Waals surface area (Å²) < 4.78 is 11.1. The van der Waals surface area contributed by atoms with Gasteiger partial charge in [0.05, 0.1) is 20.3 Å². The Bertz CT molecular complexity index is 395. The molecule has 1 aromatic rings. The van der Waals surface area contributed by atoms with E-state index in [1.807, 2.05) is 6.92 Å². The molecule has 1 aromatic carbocycles. The van der Waals surface area contributed by atoms with Crippen molar-refractivity contribution < 1.29 is 19.7 Å². The fourth-order valence-corrected chi connectivity index (χ4v) is 2.50. The molecule has 0 heterocycles. The molecule has 2 atom stereocenters. The number of aliphatic hydroxyl groups excluding tert-OH is 2. The van der Waals surface area contributed by atoms with Gasteiger partial charge in [-0.2, -0.15) is 0 Å². The Hall–Kier alpha value is -0.780. The smallest absolute Gasteiger partial charge is 0.142 e. The number of rotatable bonds is 6. The van der Waals surface area contributed by atoms with Gasteiger partial charge < -0.3 is 19.7 Å². The first-order valence-electron chi connectivity index (χ1n) is 5.83. The maximum atomic E-state index is 10.1. The monoisotopic (exact) mass is 318 g/mol. The van der Waals surface area contributed by atoms with E-state index in [4.69, 9.17) is 9.47 Å². The summed E-state index contributed by atoms with van der Waals surface area (Å²) in [5, 5.41) is 20.0. The molecule has 0 fully saturated rings. The van der Waals surface area contributed by atoms with Crippen LogP contribution in [0.3, 0.4) is 0 Å². The number of benzene rings is 1. The van der Waals surface area contributed by atoms with Gasteiger partial charge in [-0.1, -0.05) is 13.3 Å². The summed E-state index contributed by atoms with van der Waals surface area (Å²) in [4.78, 5) is 0. The van der Waals surface area contributed by atoms with E-state index in [9.17, 15) is 10.2 Å². The van der Waals surface area contributed by atoms with Crippen LogP contribution in [0.15, 0.2) is 16.6 Å². The van der Waals surface area contributed by atoms with Gasteiger partial charge in [-0.25, -0.2) is 0 Å². The van der Waals surface area contributed by atoms with Crippen molar-refractivity contribution in [3.05, 3.63) is 22.2 Å². The number of hydrogen-bond donors (Lipinski definition) is 2. The van der Waals surface area contributed by atoms with E-state index in [-0.39, 0.29) is 0 Å². The Labute approximate surface area is 116 Å². The minimum atomic E-state index is -0.970. The standard InChI is InChI=1S/C13H19BrO4/c1-4-5-9(15)12(16)8-6-7-10(17-2)11(14)13(8)18-3/h6-7,9,12,15-16H,4-5H2,1-3H3. The molecule has 1 rings (SSSR count). The highest BCUT2D eigenvalue weighted by Gasteiger charge is 2.23. The molecule has 0 aromatic heterocycles. The fourth-order valence-electron chi connectivity index (χ4n) is 1.81. The summed E-state index contributed by atoms with van der Waals surface area (Å²) in [5.74, 6) is 1.10. The SMILES string of the molecule is CCCC(O)C(O)c1ccc(OC)c(Br)c1OC. The lowest BCUT2D eigenvalue weighted by Gasteiger charge is -2.21. The van der Waals surface area contributed by atoms with E-state index in [0.29, 0.717) is 28.0 Å². The minimum absolute atomic E-state index is 0.483. The fraction of sp³-hybridized carbons (Fsp3) is 0.538. The molecular weight excluding hydrogens is 300 g/mol. The highest BCUT2D eigenvalue weighted by atomic mass is 79.9. The Morgan fingerprint density at radius 2 is 1.89 bits per heavy atom. The summed E-state index contributed by atoms with van der Waals surface area (Å²) in [7, 11) is 3.07. The first kappa shape index (κ1) is 15.3. The molecule has 2 unspecified atom stereocenters. The van der Waals surface area contributed by atoms with Gasteiger partial charge in [0, 0.05) is 5.56 Å². The van der Waals surface area contributed by atoms with Crippen LogP contribution in [0.4, 0.5) is 0 Å². The quantitative estimate of drug-likeness (QED) is 0.846. The van der Waals surface area contributed by atoms with Crippen LogP contribution in [0.2, 0.25) is 0 Å². The zero-order valence-corrected chi connectivity index (χ0v) is 12.4. The molecule has 2 N–H and O–H groups in total. The molecule has 0 bridgehead atoms. The highest BCUT2D eigenvalue weighted by molar-refractivity contribution is 9.10. The first-order valence-corrected chi connectivity index (χ1v) is 6.62. The van der Waals surface area contributed by atoms with Gasteiger partial charge >= 0.3 is 0 Å². The van der Waals surface area contributed by atoms with Gasteiger partial charge in [0.1, 0.15) is 22.1 Å². The van der Waals surface area contributed by atoms with Gasteiger partial charge in [-0.3, -0.25) is 0 Å². The van der Waals surface area contributed by atoms with Gasteiger partial charge in [0.15, 0.2) is 0 Å². The van der Waals surface area contributed by atoms with Crippen molar-refractivity contribution in [3.63, 3.8) is 0 Å². The van der Waals surface area contributed by atoms with E-state index >= 15 is 0 Å². The molecule has 0 saturated carbocycles. The molecule has 0 spiro atoms. The molecule has 0 aliphatic carbocycles. The average Bonchev–Trinajstić information content (AvgIpc) is 2.37. The van der Waals surface area contributed by atoms with Crippen LogP contribution in [0, 0.1) is 0 Å². The van der Waals surface area contributed by atoms with Crippen molar-refractivity contribution in [3.8, 4) is 11.5 Å². The molecule has 102 valence electrons. The summed E-state index contributed by atoms with van der Waals surface area (Å²) in [6.07, 6.45) is -0.433. The maximum absolute atomic E-state index is 10.1. The summed E-state index contributed by atoms with van der Waals surface area (Å²) in [6.45, 7) is 1.96. The molecule has 5 heteroatoms. The van der Waals surface area contributed by atoms with E-state index < -0.39 is 12.2 Å². The molecule has 0 aliphatic heterocycles. The zero-order chi connectivity index (χ0) is 13.7. The van der Waals surface area contributed by atoms with E-state index in [0.717, 1.165) is 6.42 Å². The average molecular weight is 319 g/mol. The lowest BCUT2D eigenvalue weighted by atomic mass is 10.00. The van der Waals surface area contributed by atoms with E-state index in [1.165, 1.54) is 7.11 Å². The summed E-state index contributed by atoms with van der Waals surface area (Å²) in [6, 6.07) is 3.43. The lowest BCUT2D eigenvalue weighted by molar-refractivity contribution is 0.0117. The third kappa shape index (κ3) is 3.16. The molecule has 0 aliphatic rings. The van der Waals surface area contributed by atoms with Crippen LogP contribution >= 0.6 is 15.9 Å². The Kier molecular flexibility index (Phi) is 5.91. The largest absolute Gasteiger partial charge is 0.495 e. The minimum Gasteiger partial charge on any atom is -0.495 e. The van der Waals surface area contributed by atoms with Crippen molar-refractivity contribution in [2.75, 3.05) is 14.2 Å². The van der Waals surface area contributed by atoms with E-state index in [1.54, 1.807) is 19.2 Å². The normalized spacial score (nSPS) is 14.1. The van der Waals surface area contributed by atoms with Crippen LogP contribution in [0.25, 0.3) is 0 Å². The predicted octanol–water partition coefficient (Wildman–Crippen LogP) is 2.66. The van der Waals surface area contributed by atoms with Gasteiger partial charge in [-0.05, 0) is 34.5 Å². The van der Waals surface area contributed by atoms with Gasteiger partial charge in [0.25, 0.3) is 0 Å². The van der Waals surface area contributed by atoms with Crippen molar-refractivity contribution in [1.82, 2.24) is 0 Å². The van der Waals surface area contributed by atoms with Crippen LogP contribution in [-0.4, -0.2) is 30.5 Å². The van der Waals surface area contributed by atoms with Crippen LogP contribution < -0.4 is 9.47 Å². The topological polar surface area (TPSA) is 58.9 Å². The Balaban J connectivity index is 3.12. The molecule has 4 nitrogen and oxygen atoms in total. The third-order valence-corrected chi connectivity index (χ3v) is 3.53. The number of methoxy groups -OCH3 is 2. The van der Waals surface area contributed by atoms with Gasteiger partial charge in [-0.15, -0.1) is 0 Å². The Morgan fingerprint density at radius 1 is 1.22 bits per heavy atom. The summed E-state index contributed by atoms with van der Waals surface area (Å²) >= 11 is 3.37. The molecular formula is C13H19BrO4. The first-order chi connectivity index (χ1) is 8.56. The number of aliphatic hydroxyl groups is 2. The number of halogens is 1. The van der Waals surface area contributed by atoms with Crippen LogP contribution in [0.5, 0.6) is 11.5 Å². The van der Waals surface area contributed by atoms with Crippen molar-refractivity contribution in [2.45, 2.75) is 32.0 Å². The van der Waals surface area contributed by atoms with Crippen LogP contribution in [-0.2, 0) is 0 Å². The van der Waals surface area contributed by atoms with Crippen LogP contribution in [0.1, 0.15) is 31.4 Å². The molecule has 0 saturated heterocycles. The predicted molar refractivity (Wildman–Crippen MR) is 73.1 cm³/mol. The maximum Gasteiger partial charge on any atom is 0.142 e. The second-order valence-electron chi connectivity index (χ2n) is 4.01. The molecule has 0 amide bonds. The van der Waals surface area contributed by atoms with Crippen molar-refractivity contribution in [1.29, 1.82) is 0 Å². The Morgan fingerprint density at radius 3 is 2.39 bits per heavy atom. The second-order valence-corrected chi connectivity index (χ2v) is 4.80. The second kappa shape index (κ2) is 6.97. The molecule has 18 heavy (non-hydrogen) atoms. The number of hydrogen-bond acceptors (Lipinski definition) is 4. The van der Waals surface area contributed by atoms with Crippen molar-refractivity contribution >= 4 is 15.9 Å². The third-order valence-electron chi connectivity index (χ3n) is 2.78. The zero-order valence-electron chi connectivity index (χ0n) is 10.8. The summed E-state index contributed by atoms with van der Waals surface area (Å²) in [5.41, 5.74) is 0.547. The number of ether oxygens (including phenoxy) is 2. The lowest BCUT2D eigenvalue weighted by Crippen LogP contribution is -2.18. The van der Waals surface area contributed by atoms with Gasteiger partial charge in [0.2, 0.25) is 0 Å².